The van der Waals surface area contributed by atoms with Gasteiger partial charge >= 0.3 is 5.97 Å². The first kappa shape index (κ1) is 16.5. The molecular weight excluding hydrogens is 240 g/mol. The fourth-order valence-electron chi connectivity index (χ4n) is 2.84. The molecule has 112 valence electrons. The Kier molecular flexibility index (Phi) is 6.31. The van der Waals surface area contributed by atoms with Crippen LogP contribution in [0, 0.1) is 17.3 Å². The van der Waals surface area contributed by atoms with Crippen molar-refractivity contribution in [2.75, 3.05) is 13.2 Å². The third kappa shape index (κ3) is 5.94. The molecular formula is C16H30O3. The third-order valence-corrected chi connectivity index (χ3v) is 4.09. The van der Waals surface area contributed by atoms with Gasteiger partial charge in [-0.25, -0.2) is 0 Å². The van der Waals surface area contributed by atoms with Crippen molar-refractivity contribution < 1.29 is 14.3 Å². The van der Waals surface area contributed by atoms with Crippen molar-refractivity contribution in [2.45, 2.75) is 66.4 Å². The largest absolute Gasteiger partial charge is 0.463 e. The van der Waals surface area contributed by atoms with Gasteiger partial charge in [0.25, 0.3) is 0 Å². The lowest BCUT2D eigenvalue weighted by Crippen LogP contribution is -2.31. The van der Waals surface area contributed by atoms with Crippen LogP contribution in [-0.4, -0.2) is 25.3 Å². The van der Waals surface area contributed by atoms with E-state index < -0.39 is 0 Å². The maximum absolute atomic E-state index is 11.3. The number of hydrogen-bond acceptors (Lipinski definition) is 3. The van der Waals surface area contributed by atoms with E-state index in [9.17, 15) is 4.79 Å². The normalized spacial score (nSPS) is 24.2. The first-order valence-corrected chi connectivity index (χ1v) is 7.60. The number of carbonyl (C=O) groups is 1. The number of esters is 1. The van der Waals surface area contributed by atoms with Crippen molar-refractivity contribution in [2.24, 2.45) is 17.3 Å². The van der Waals surface area contributed by atoms with Gasteiger partial charge < -0.3 is 9.47 Å². The average Bonchev–Trinajstić information content (AvgIpc) is 2.32. The standard InChI is InChI=1S/C16H30O3/c1-12(2)15(17)19-10-9-18-13(3)14-7-6-8-16(4,5)11-14/h12-14H,6-11H2,1-5H3. The molecule has 1 fully saturated rings. The molecule has 0 aromatic heterocycles. The van der Waals surface area contributed by atoms with Crippen molar-refractivity contribution in [3.8, 4) is 0 Å². The van der Waals surface area contributed by atoms with Crippen molar-refractivity contribution in [1.29, 1.82) is 0 Å². The lowest BCUT2D eigenvalue weighted by Gasteiger charge is -2.37. The van der Waals surface area contributed by atoms with Gasteiger partial charge in [-0.15, -0.1) is 0 Å². The second kappa shape index (κ2) is 7.28. The van der Waals surface area contributed by atoms with Crippen LogP contribution in [0.3, 0.4) is 0 Å². The van der Waals surface area contributed by atoms with Crippen molar-refractivity contribution >= 4 is 5.97 Å². The maximum atomic E-state index is 11.3. The van der Waals surface area contributed by atoms with Crippen LogP contribution in [0.1, 0.15) is 60.3 Å². The molecule has 3 heteroatoms. The van der Waals surface area contributed by atoms with Crippen LogP contribution in [-0.2, 0) is 14.3 Å². The van der Waals surface area contributed by atoms with E-state index in [0.717, 1.165) is 0 Å². The fourth-order valence-corrected chi connectivity index (χ4v) is 2.84. The van der Waals surface area contributed by atoms with Gasteiger partial charge in [-0.3, -0.25) is 4.79 Å². The Morgan fingerprint density at radius 3 is 2.53 bits per heavy atom. The summed E-state index contributed by atoms with van der Waals surface area (Å²) in [7, 11) is 0. The zero-order chi connectivity index (χ0) is 14.5. The molecule has 2 unspecified atom stereocenters. The van der Waals surface area contributed by atoms with Gasteiger partial charge in [-0.05, 0) is 37.5 Å². The molecule has 0 aromatic rings. The monoisotopic (exact) mass is 270 g/mol. The molecule has 0 aliphatic heterocycles. The van der Waals surface area contributed by atoms with E-state index in [0.29, 0.717) is 24.5 Å². The summed E-state index contributed by atoms with van der Waals surface area (Å²) in [5, 5.41) is 0. The predicted octanol–water partition coefficient (Wildman–Crippen LogP) is 3.81. The molecule has 0 N–H and O–H groups in total. The van der Waals surface area contributed by atoms with Crippen LogP contribution in [0.5, 0.6) is 0 Å². The minimum absolute atomic E-state index is 0.0587. The first-order chi connectivity index (χ1) is 8.82. The van der Waals surface area contributed by atoms with E-state index in [-0.39, 0.29) is 18.0 Å². The highest BCUT2D eigenvalue weighted by atomic mass is 16.6. The molecule has 0 heterocycles. The molecule has 0 aromatic carbocycles. The third-order valence-electron chi connectivity index (χ3n) is 4.09. The van der Waals surface area contributed by atoms with Crippen molar-refractivity contribution in [1.82, 2.24) is 0 Å². The number of hydrogen-bond donors (Lipinski definition) is 0. The molecule has 2 atom stereocenters. The summed E-state index contributed by atoms with van der Waals surface area (Å²) in [4.78, 5) is 11.3. The van der Waals surface area contributed by atoms with E-state index in [1.807, 2.05) is 13.8 Å². The van der Waals surface area contributed by atoms with E-state index in [4.69, 9.17) is 9.47 Å². The second-order valence-corrected chi connectivity index (χ2v) is 6.92. The number of ether oxygens (including phenoxy) is 2. The van der Waals surface area contributed by atoms with Crippen LogP contribution in [0.15, 0.2) is 0 Å². The summed E-state index contributed by atoms with van der Waals surface area (Å²) in [6, 6.07) is 0. The van der Waals surface area contributed by atoms with Gasteiger partial charge in [0, 0.05) is 0 Å². The quantitative estimate of drug-likeness (QED) is 0.544. The predicted molar refractivity (Wildman–Crippen MR) is 77.0 cm³/mol. The molecule has 0 amide bonds. The average molecular weight is 270 g/mol. The van der Waals surface area contributed by atoms with Gasteiger partial charge in [0.15, 0.2) is 0 Å². The van der Waals surface area contributed by atoms with Gasteiger partial charge in [-0.2, -0.15) is 0 Å². The number of carbonyl (C=O) groups excluding carboxylic acids is 1. The first-order valence-electron chi connectivity index (χ1n) is 7.60. The molecule has 19 heavy (non-hydrogen) atoms. The highest BCUT2D eigenvalue weighted by molar-refractivity contribution is 5.71. The van der Waals surface area contributed by atoms with Gasteiger partial charge in [0.05, 0.1) is 18.6 Å². The van der Waals surface area contributed by atoms with Crippen molar-refractivity contribution in [3.63, 3.8) is 0 Å². The fraction of sp³-hybridized carbons (Fsp3) is 0.938. The van der Waals surface area contributed by atoms with Crippen LogP contribution in [0.4, 0.5) is 0 Å². The smallest absolute Gasteiger partial charge is 0.308 e. The molecule has 0 spiro atoms. The van der Waals surface area contributed by atoms with Gasteiger partial charge in [-0.1, -0.05) is 34.1 Å². The van der Waals surface area contributed by atoms with E-state index in [1.165, 1.54) is 25.7 Å². The Bertz CT molecular complexity index is 284. The Hall–Kier alpha value is -0.570. The SMILES string of the molecule is CC(C)C(=O)OCCOC(C)C1CCCC(C)(C)C1. The lowest BCUT2D eigenvalue weighted by atomic mass is 9.71. The summed E-state index contributed by atoms with van der Waals surface area (Å²) in [6.07, 6.45) is 5.38. The summed E-state index contributed by atoms with van der Waals surface area (Å²) in [6.45, 7) is 11.4. The molecule has 1 aliphatic rings. The van der Waals surface area contributed by atoms with Crippen LogP contribution in [0.2, 0.25) is 0 Å². The highest BCUT2D eigenvalue weighted by Crippen LogP contribution is 2.40. The van der Waals surface area contributed by atoms with Crippen LogP contribution in [0.25, 0.3) is 0 Å². The molecule has 0 bridgehead atoms. The Morgan fingerprint density at radius 2 is 1.95 bits per heavy atom. The number of rotatable bonds is 6. The van der Waals surface area contributed by atoms with E-state index in [1.54, 1.807) is 0 Å². The summed E-state index contributed by atoms with van der Waals surface area (Å²) < 4.78 is 10.9. The van der Waals surface area contributed by atoms with E-state index in [2.05, 4.69) is 20.8 Å². The van der Waals surface area contributed by atoms with Crippen molar-refractivity contribution in [3.05, 3.63) is 0 Å². The minimum Gasteiger partial charge on any atom is -0.463 e. The molecule has 1 rings (SSSR count). The Labute approximate surface area is 118 Å². The van der Waals surface area contributed by atoms with Gasteiger partial charge in [0.2, 0.25) is 0 Å². The summed E-state index contributed by atoms with van der Waals surface area (Å²) in [5.74, 6) is 0.441. The second-order valence-electron chi connectivity index (χ2n) is 6.92. The van der Waals surface area contributed by atoms with Crippen LogP contribution < -0.4 is 0 Å². The molecule has 0 saturated heterocycles. The highest BCUT2D eigenvalue weighted by Gasteiger charge is 2.31. The van der Waals surface area contributed by atoms with Crippen LogP contribution >= 0.6 is 0 Å². The maximum Gasteiger partial charge on any atom is 0.308 e. The topological polar surface area (TPSA) is 35.5 Å². The van der Waals surface area contributed by atoms with Gasteiger partial charge in [0.1, 0.15) is 6.61 Å². The minimum atomic E-state index is -0.143. The zero-order valence-electron chi connectivity index (χ0n) is 13.2. The molecule has 1 aliphatic carbocycles. The summed E-state index contributed by atoms with van der Waals surface area (Å²) in [5.41, 5.74) is 0.449. The summed E-state index contributed by atoms with van der Waals surface area (Å²) >= 11 is 0. The molecule has 1 saturated carbocycles. The van der Waals surface area contributed by atoms with E-state index >= 15 is 0 Å². The molecule has 0 radical (unpaired) electrons. The zero-order valence-corrected chi connectivity index (χ0v) is 13.2. The molecule has 3 nitrogen and oxygen atoms in total. The Balaban J connectivity index is 2.20. The lowest BCUT2D eigenvalue weighted by molar-refractivity contribution is -0.149. The Morgan fingerprint density at radius 1 is 1.26 bits per heavy atom.